The molecular weight excluding hydrogens is 232 g/mol. The molecule has 0 spiro atoms. The van der Waals surface area contributed by atoms with E-state index in [2.05, 4.69) is 77.0 Å². The molecule has 1 aromatic carbocycles. The van der Waals surface area contributed by atoms with Crippen molar-refractivity contribution in [3.8, 4) is 0 Å². The zero-order valence-corrected chi connectivity index (χ0v) is 13.7. The molecular formula is C17H30N2. The van der Waals surface area contributed by atoms with Gasteiger partial charge in [0.2, 0.25) is 0 Å². The van der Waals surface area contributed by atoms with Gasteiger partial charge in [-0.05, 0) is 50.5 Å². The Labute approximate surface area is 119 Å². The third-order valence-electron chi connectivity index (χ3n) is 4.19. The lowest BCUT2D eigenvalue weighted by atomic mass is 9.98. The van der Waals surface area contributed by atoms with Crippen molar-refractivity contribution in [2.45, 2.75) is 66.1 Å². The Morgan fingerprint density at radius 2 is 1.89 bits per heavy atom. The molecule has 0 bridgehead atoms. The zero-order valence-electron chi connectivity index (χ0n) is 13.7. The van der Waals surface area contributed by atoms with Crippen LogP contribution in [0.5, 0.6) is 0 Å². The summed E-state index contributed by atoms with van der Waals surface area (Å²) in [7, 11) is 2.18. The topological polar surface area (TPSA) is 15.3 Å². The van der Waals surface area contributed by atoms with Gasteiger partial charge < -0.3 is 10.2 Å². The maximum atomic E-state index is 3.48. The molecule has 0 atom stereocenters. The van der Waals surface area contributed by atoms with E-state index in [4.69, 9.17) is 0 Å². The van der Waals surface area contributed by atoms with Gasteiger partial charge in [-0.2, -0.15) is 0 Å². The van der Waals surface area contributed by atoms with Gasteiger partial charge in [0.05, 0.1) is 0 Å². The van der Waals surface area contributed by atoms with Gasteiger partial charge in [0, 0.05) is 30.9 Å². The Bertz CT molecular complexity index is 408. The highest BCUT2D eigenvalue weighted by molar-refractivity contribution is 5.52. The second-order valence-corrected chi connectivity index (χ2v) is 6.37. The average Bonchev–Trinajstić information content (AvgIpc) is 2.36. The summed E-state index contributed by atoms with van der Waals surface area (Å²) in [5.41, 5.74) is 4.26. The fourth-order valence-corrected chi connectivity index (χ4v) is 1.99. The third kappa shape index (κ3) is 4.24. The van der Waals surface area contributed by atoms with Crippen LogP contribution < -0.4 is 10.2 Å². The smallest absolute Gasteiger partial charge is 0.0370 e. The number of hydrogen-bond acceptors (Lipinski definition) is 2. The Kier molecular flexibility index (Phi) is 5.42. The van der Waals surface area contributed by atoms with E-state index in [1.165, 1.54) is 16.8 Å². The van der Waals surface area contributed by atoms with Gasteiger partial charge in [0.1, 0.15) is 0 Å². The summed E-state index contributed by atoms with van der Waals surface area (Å²) in [6, 6.07) is 7.32. The Balaban J connectivity index is 2.87. The molecule has 19 heavy (non-hydrogen) atoms. The molecule has 0 saturated heterocycles. The van der Waals surface area contributed by atoms with E-state index in [-0.39, 0.29) is 5.54 Å². The molecule has 0 aromatic heterocycles. The molecule has 0 fully saturated rings. The van der Waals surface area contributed by atoms with Crippen LogP contribution in [-0.2, 0) is 6.54 Å². The van der Waals surface area contributed by atoms with Crippen molar-refractivity contribution in [3.63, 3.8) is 0 Å². The van der Waals surface area contributed by atoms with Gasteiger partial charge in [0.15, 0.2) is 0 Å². The first-order valence-electron chi connectivity index (χ1n) is 7.34. The molecule has 1 rings (SSSR count). The minimum Gasteiger partial charge on any atom is -0.369 e. The average molecular weight is 262 g/mol. The van der Waals surface area contributed by atoms with Crippen LogP contribution in [-0.4, -0.2) is 18.6 Å². The predicted molar refractivity (Wildman–Crippen MR) is 85.9 cm³/mol. The maximum absolute atomic E-state index is 3.48. The summed E-state index contributed by atoms with van der Waals surface area (Å²) in [6.07, 6.45) is 1.14. The van der Waals surface area contributed by atoms with E-state index >= 15 is 0 Å². The Morgan fingerprint density at radius 3 is 2.37 bits per heavy atom. The van der Waals surface area contributed by atoms with E-state index in [0.717, 1.165) is 13.0 Å². The molecule has 2 heteroatoms. The Morgan fingerprint density at radius 1 is 1.26 bits per heavy atom. The van der Waals surface area contributed by atoms with Crippen LogP contribution in [0.4, 0.5) is 5.69 Å². The molecule has 2 nitrogen and oxygen atoms in total. The van der Waals surface area contributed by atoms with Crippen LogP contribution in [0.1, 0.15) is 52.2 Å². The standard InChI is InChI=1S/C17H30N2/c1-8-17(5,6)19(7)16-10-9-15(14(4)11-16)12-18-13(2)3/h9-11,13,18H,8,12H2,1-7H3. The summed E-state index contributed by atoms with van der Waals surface area (Å²) in [4.78, 5) is 2.37. The maximum Gasteiger partial charge on any atom is 0.0370 e. The largest absolute Gasteiger partial charge is 0.369 e. The van der Waals surface area contributed by atoms with Crippen LogP contribution in [0, 0.1) is 6.92 Å². The minimum absolute atomic E-state index is 0.199. The molecule has 0 aliphatic carbocycles. The number of rotatable bonds is 6. The van der Waals surface area contributed by atoms with Crippen molar-refractivity contribution >= 4 is 5.69 Å². The van der Waals surface area contributed by atoms with Crippen LogP contribution in [0.3, 0.4) is 0 Å². The normalized spacial score (nSPS) is 12.0. The lowest BCUT2D eigenvalue weighted by Crippen LogP contribution is -2.40. The van der Waals surface area contributed by atoms with E-state index < -0.39 is 0 Å². The van der Waals surface area contributed by atoms with Crippen LogP contribution in [0.2, 0.25) is 0 Å². The molecule has 0 aliphatic heterocycles. The summed E-state index contributed by atoms with van der Waals surface area (Å²) in [6.45, 7) is 14.3. The lowest BCUT2D eigenvalue weighted by Gasteiger charge is -2.37. The summed E-state index contributed by atoms with van der Waals surface area (Å²) >= 11 is 0. The Hall–Kier alpha value is -1.02. The number of anilines is 1. The van der Waals surface area contributed by atoms with Crippen LogP contribution in [0.15, 0.2) is 18.2 Å². The summed E-state index contributed by atoms with van der Waals surface area (Å²) in [5.74, 6) is 0. The van der Waals surface area contributed by atoms with Crippen molar-refractivity contribution < 1.29 is 0 Å². The molecule has 0 heterocycles. The number of benzene rings is 1. The van der Waals surface area contributed by atoms with E-state index in [9.17, 15) is 0 Å². The van der Waals surface area contributed by atoms with E-state index in [0.29, 0.717) is 6.04 Å². The molecule has 1 aromatic rings. The first kappa shape index (κ1) is 16.0. The van der Waals surface area contributed by atoms with Crippen molar-refractivity contribution in [2.24, 2.45) is 0 Å². The molecule has 0 amide bonds. The molecule has 0 radical (unpaired) electrons. The first-order valence-corrected chi connectivity index (χ1v) is 7.34. The highest BCUT2D eigenvalue weighted by Gasteiger charge is 2.21. The molecule has 0 unspecified atom stereocenters. The van der Waals surface area contributed by atoms with E-state index in [1.807, 2.05) is 0 Å². The zero-order chi connectivity index (χ0) is 14.6. The summed E-state index contributed by atoms with van der Waals surface area (Å²) in [5, 5.41) is 3.48. The SMILES string of the molecule is CCC(C)(C)N(C)c1ccc(CNC(C)C)c(C)c1. The molecule has 1 N–H and O–H groups in total. The van der Waals surface area contributed by atoms with Gasteiger partial charge in [-0.1, -0.05) is 26.8 Å². The number of aryl methyl sites for hydroxylation is 1. The second-order valence-electron chi connectivity index (χ2n) is 6.37. The molecule has 108 valence electrons. The van der Waals surface area contributed by atoms with Crippen LogP contribution in [0.25, 0.3) is 0 Å². The van der Waals surface area contributed by atoms with Gasteiger partial charge in [-0.15, -0.1) is 0 Å². The predicted octanol–water partition coefficient (Wildman–Crippen LogP) is 4.12. The number of hydrogen-bond donors (Lipinski definition) is 1. The van der Waals surface area contributed by atoms with Gasteiger partial charge in [0.25, 0.3) is 0 Å². The highest BCUT2D eigenvalue weighted by Crippen LogP contribution is 2.26. The quantitative estimate of drug-likeness (QED) is 0.829. The summed E-state index contributed by atoms with van der Waals surface area (Å²) < 4.78 is 0. The third-order valence-corrected chi connectivity index (χ3v) is 4.19. The first-order chi connectivity index (χ1) is 8.77. The monoisotopic (exact) mass is 262 g/mol. The number of nitrogens with zero attached hydrogens (tertiary/aromatic N) is 1. The van der Waals surface area contributed by atoms with Crippen molar-refractivity contribution in [3.05, 3.63) is 29.3 Å². The fourth-order valence-electron chi connectivity index (χ4n) is 1.99. The van der Waals surface area contributed by atoms with Crippen molar-refractivity contribution in [2.75, 3.05) is 11.9 Å². The van der Waals surface area contributed by atoms with Gasteiger partial charge in [-0.3, -0.25) is 0 Å². The van der Waals surface area contributed by atoms with Crippen molar-refractivity contribution in [1.82, 2.24) is 5.32 Å². The number of nitrogens with one attached hydrogen (secondary N) is 1. The molecule has 0 aliphatic rings. The van der Waals surface area contributed by atoms with Crippen LogP contribution >= 0.6 is 0 Å². The fraction of sp³-hybridized carbons (Fsp3) is 0.647. The van der Waals surface area contributed by atoms with E-state index in [1.54, 1.807) is 0 Å². The van der Waals surface area contributed by atoms with Crippen molar-refractivity contribution in [1.29, 1.82) is 0 Å². The second kappa shape index (κ2) is 6.42. The van der Waals surface area contributed by atoms with Gasteiger partial charge in [-0.25, -0.2) is 0 Å². The lowest BCUT2D eigenvalue weighted by molar-refractivity contribution is 0.470. The highest BCUT2D eigenvalue weighted by atomic mass is 15.2. The van der Waals surface area contributed by atoms with Gasteiger partial charge >= 0.3 is 0 Å². The minimum atomic E-state index is 0.199. The molecule has 0 saturated carbocycles.